The van der Waals surface area contributed by atoms with E-state index < -0.39 is 10.0 Å². The second kappa shape index (κ2) is 6.38. The molecule has 0 fully saturated rings. The highest BCUT2D eigenvalue weighted by molar-refractivity contribution is 7.89. The second-order valence-electron chi connectivity index (χ2n) is 4.93. The van der Waals surface area contributed by atoms with Crippen LogP contribution in [0.4, 0.5) is 0 Å². The highest BCUT2D eigenvalue weighted by Gasteiger charge is 2.23. The molecule has 0 saturated carbocycles. The summed E-state index contributed by atoms with van der Waals surface area (Å²) in [6.45, 7) is 0.921. The molecule has 6 nitrogen and oxygen atoms in total. The first kappa shape index (κ1) is 15.7. The summed E-state index contributed by atoms with van der Waals surface area (Å²) in [5, 5.41) is 3.02. The van der Waals surface area contributed by atoms with E-state index in [4.69, 9.17) is 0 Å². The molecule has 2 aromatic rings. The van der Waals surface area contributed by atoms with Crippen molar-refractivity contribution in [3.63, 3.8) is 0 Å². The third-order valence-corrected chi connectivity index (χ3v) is 5.05. The molecule has 0 atom stereocenters. The molecule has 2 aromatic heterocycles. The highest BCUT2D eigenvalue weighted by Crippen LogP contribution is 2.19. The SMILES string of the molecule is CNCc1cc(S(=O)(=O)N(C)Cc2cccnc2)cn1C. The van der Waals surface area contributed by atoms with E-state index in [1.54, 1.807) is 37.8 Å². The molecule has 0 aliphatic carbocycles. The zero-order chi connectivity index (χ0) is 15.5. The van der Waals surface area contributed by atoms with Crippen molar-refractivity contribution in [2.24, 2.45) is 7.05 Å². The Kier molecular flexibility index (Phi) is 4.76. The summed E-state index contributed by atoms with van der Waals surface area (Å²) in [7, 11) is 1.75. The maximum absolute atomic E-state index is 12.6. The van der Waals surface area contributed by atoms with E-state index in [-0.39, 0.29) is 0 Å². The van der Waals surface area contributed by atoms with E-state index in [0.29, 0.717) is 18.0 Å². The summed E-state index contributed by atoms with van der Waals surface area (Å²) >= 11 is 0. The van der Waals surface area contributed by atoms with Crippen LogP contribution in [0.3, 0.4) is 0 Å². The third kappa shape index (κ3) is 3.49. The zero-order valence-corrected chi connectivity index (χ0v) is 13.3. The average molecular weight is 308 g/mol. The van der Waals surface area contributed by atoms with Crippen molar-refractivity contribution >= 4 is 10.0 Å². The fourth-order valence-electron chi connectivity index (χ4n) is 2.09. The van der Waals surface area contributed by atoms with Crippen molar-refractivity contribution < 1.29 is 8.42 Å². The number of aryl methyl sites for hydroxylation is 1. The molecule has 1 N–H and O–H groups in total. The molecular weight excluding hydrogens is 288 g/mol. The van der Waals surface area contributed by atoms with Crippen LogP contribution in [0.25, 0.3) is 0 Å². The number of rotatable bonds is 6. The van der Waals surface area contributed by atoms with Gasteiger partial charge in [-0.2, -0.15) is 4.31 Å². The molecule has 2 rings (SSSR count). The predicted octanol–water partition coefficient (Wildman–Crippen LogP) is 0.960. The van der Waals surface area contributed by atoms with Gasteiger partial charge in [0.05, 0.1) is 0 Å². The Labute approximate surface area is 125 Å². The number of aromatic nitrogens is 2. The van der Waals surface area contributed by atoms with Crippen LogP contribution in [0.15, 0.2) is 41.7 Å². The lowest BCUT2D eigenvalue weighted by Crippen LogP contribution is -2.26. The molecule has 0 bridgehead atoms. The molecule has 0 spiro atoms. The van der Waals surface area contributed by atoms with Crippen LogP contribution >= 0.6 is 0 Å². The maximum Gasteiger partial charge on any atom is 0.244 e. The van der Waals surface area contributed by atoms with Crippen LogP contribution in [-0.4, -0.2) is 36.4 Å². The molecule has 0 amide bonds. The monoisotopic (exact) mass is 308 g/mol. The van der Waals surface area contributed by atoms with Gasteiger partial charge in [0.25, 0.3) is 0 Å². The molecule has 114 valence electrons. The van der Waals surface area contributed by atoms with Crippen molar-refractivity contribution in [2.75, 3.05) is 14.1 Å². The van der Waals surface area contributed by atoms with Gasteiger partial charge in [-0.05, 0) is 24.7 Å². The normalized spacial score (nSPS) is 12.0. The number of nitrogens with one attached hydrogen (secondary N) is 1. The molecule has 21 heavy (non-hydrogen) atoms. The van der Waals surface area contributed by atoms with Crippen molar-refractivity contribution in [3.05, 3.63) is 48.0 Å². The molecule has 0 radical (unpaired) electrons. The first-order valence-corrected chi connectivity index (χ1v) is 8.04. The molecule has 0 aliphatic heterocycles. The molecule has 0 aromatic carbocycles. The summed E-state index contributed by atoms with van der Waals surface area (Å²) < 4.78 is 28.3. The number of hydrogen-bond acceptors (Lipinski definition) is 4. The van der Waals surface area contributed by atoms with Crippen molar-refractivity contribution in [2.45, 2.75) is 18.0 Å². The lowest BCUT2D eigenvalue weighted by atomic mass is 10.3. The van der Waals surface area contributed by atoms with Crippen LogP contribution in [0.2, 0.25) is 0 Å². The van der Waals surface area contributed by atoms with Gasteiger partial charge in [-0.25, -0.2) is 8.42 Å². The Morgan fingerprint density at radius 1 is 1.43 bits per heavy atom. The summed E-state index contributed by atoms with van der Waals surface area (Å²) in [6, 6.07) is 5.35. The minimum atomic E-state index is -3.50. The second-order valence-corrected chi connectivity index (χ2v) is 6.98. The van der Waals surface area contributed by atoms with Gasteiger partial charge in [-0.3, -0.25) is 4.98 Å². The Hall–Kier alpha value is -1.70. The largest absolute Gasteiger partial charge is 0.352 e. The van der Waals surface area contributed by atoms with E-state index in [2.05, 4.69) is 10.3 Å². The first-order chi connectivity index (χ1) is 9.95. The van der Waals surface area contributed by atoms with E-state index in [0.717, 1.165) is 11.3 Å². The van der Waals surface area contributed by atoms with E-state index in [1.165, 1.54) is 4.31 Å². The van der Waals surface area contributed by atoms with Gasteiger partial charge in [0, 0.05) is 51.5 Å². The Balaban J connectivity index is 2.23. The molecule has 2 heterocycles. The quantitative estimate of drug-likeness (QED) is 0.863. The van der Waals surface area contributed by atoms with Gasteiger partial charge in [0.1, 0.15) is 4.90 Å². The number of hydrogen-bond donors (Lipinski definition) is 1. The topological polar surface area (TPSA) is 67.2 Å². The van der Waals surface area contributed by atoms with Crippen molar-refractivity contribution in [3.8, 4) is 0 Å². The molecular formula is C14H20N4O2S. The average Bonchev–Trinajstić information content (AvgIpc) is 2.82. The fourth-order valence-corrected chi connectivity index (χ4v) is 3.34. The highest BCUT2D eigenvalue weighted by atomic mass is 32.2. The van der Waals surface area contributed by atoms with Crippen LogP contribution in [0, 0.1) is 0 Å². The van der Waals surface area contributed by atoms with Gasteiger partial charge in [0.15, 0.2) is 0 Å². The molecule has 0 unspecified atom stereocenters. The standard InChI is InChI=1S/C14H20N4O2S/c1-15-9-13-7-14(11-17(13)2)21(19,20)18(3)10-12-5-4-6-16-8-12/h4-8,11,15H,9-10H2,1-3H3. The predicted molar refractivity (Wildman–Crippen MR) is 81.1 cm³/mol. The van der Waals surface area contributed by atoms with Crippen LogP contribution < -0.4 is 5.32 Å². The van der Waals surface area contributed by atoms with Crippen molar-refractivity contribution in [1.82, 2.24) is 19.2 Å². The lowest BCUT2D eigenvalue weighted by molar-refractivity contribution is 0.466. The Bertz CT molecular complexity index is 695. The third-order valence-electron chi connectivity index (χ3n) is 3.28. The van der Waals surface area contributed by atoms with E-state index in [1.807, 2.05) is 24.7 Å². The summed E-state index contributed by atoms with van der Waals surface area (Å²) in [6.07, 6.45) is 4.98. The van der Waals surface area contributed by atoms with E-state index >= 15 is 0 Å². The van der Waals surface area contributed by atoms with Crippen LogP contribution in [0.1, 0.15) is 11.3 Å². The number of pyridine rings is 1. The molecule has 7 heteroatoms. The van der Waals surface area contributed by atoms with Gasteiger partial charge >= 0.3 is 0 Å². The minimum Gasteiger partial charge on any atom is -0.352 e. The smallest absolute Gasteiger partial charge is 0.244 e. The van der Waals surface area contributed by atoms with Gasteiger partial charge in [0.2, 0.25) is 10.0 Å². The number of sulfonamides is 1. The van der Waals surface area contributed by atoms with Crippen molar-refractivity contribution in [1.29, 1.82) is 0 Å². The Morgan fingerprint density at radius 2 is 2.19 bits per heavy atom. The number of nitrogens with zero attached hydrogens (tertiary/aromatic N) is 3. The van der Waals surface area contributed by atoms with Gasteiger partial charge in [-0.1, -0.05) is 6.07 Å². The first-order valence-electron chi connectivity index (χ1n) is 6.60. The fraction of sp³-hybridized carbons (Fsp3) is 0.357. The molecule has 0 aliphatic rings. The van der Waals surface area contributed by atoms with Gasteiger partial charge < -0.3 is 9.88 Å². The lowest BCUT2D eigenvalue weighted by Gasteiger charge is -2.16. The van der Waals surface area contributed by atoms with Crippen LogP contribution in [0.5, 0.6) is 0 Å². The molecule has 0 saturated heterocycles. The van der Waals surface area contributed by atoms with Crippen LogP contribution in [-0.2, 0) is 30.2 Å². The summed E-state index contributed by atoms with van der Waals surface area (Å²) in [5.41, 5.74) is 1.78. The van der Waals surface area contributed by atoms with E-state index in [9.17, 15) is 8.42 Å². The maximum atomic E-state index is 12.6. The zero-order valence-electron chi connectivity index (χ0n) is 12.4. The summed E-state index contributed by atoms with van der Waals surface area (Å²) in [5.74, 6) is 0. The Morgan fingerprint density at radius 3 is 2.81 bits per heavy atom. The van der Waals surface area contributed by atoms with Gasteiger partial charge in [-0.15, -0.1) is 0 Å². The summed E-state index contributed by atoms with van der Waals surface area (Å²) in [4.78, 5) is 4.31. The minimum absolute atomic E-state index is 0.298.